The van der Waals surface area contributed by atoms with E-state index in [-0.39, 0.29) is 17.3 Å². The van der Waals surface area contributed by atoms with Crippen molar-refractivity contribution in [3.8, 4) is 0 Å². The van der Waals surface area contributed by atoms with Gasteiger partial charge in [0.15, 0.2) is 0 Å². The first-order valence-corrected chi connectivity index (χ1v) is 7.06. The van der Waals surface area contributed by atoms with Crippen LogP contribution in [0.1, 0.15) is 28.8 Å². The summed E-state index contributed by atoms with van der Waals surface area (Å²) in [6, 6.07) is 3.21. The number of piperidine rings is 1. The first kappa shape index (κ1) is 16.6. The molecule has 1 N–H and O–H groups in total. The maximum atomic E-state index is 13.3. The Morgan fingerprint density at radius 1 is 1.32 bits per heavy atom. The molecule has 122 valence electrons. The SMILES string of the molecule is CN1CCC(N(C)c2ccc(C(=O)O)cc2C(F)(F)F)CC1. The van der Waals surface area contributed by atoms with Crippen LogP contribution in [0.3, 0.4) is 0 Å². The number of rotatable bonds is 3. The van der Waals surface area contributed by atoms with E-state index in [0.717, 1.165) is 25.9 Å². The highest BCUT2D eigenvalue weighted by atomic mass is 19.4. The Bertz CT molecular complexity index is 552. The summed E-state index contributed by atoms with van der Waals surface area (Å²) in [4.78, 5) is 14.7. The van der Waals surface area contributed by atoms with Crippen molar-refractivity contribution in [3.63, 3.8) is 0 Å². The summed E-state index contributed by atoms with van der Waals surface area (Å²) in [5.74, 6) is -1.36. The number of carbonyl (C=O) groups is 1. The number of aromatic carboxylic acids is 1. The Morgan fingerprint density at radius 2 is 1.91 bits per heavy atom. The number of nitrogens with zero attached hydrogens (tertiary/aromatic N) is 2. The lowest BCUT2D eigenvalue weighted by molar-refractivity contribution is -0.137. The molecule has 1 aromatic rings. The van der Waals surface area contributed by atoms with Gasteiger partial charge in [-0.05, 0) is 51.2 Å². The van der Waals surface area contributed by atoms with Crippen molar-refractivity contribution < 1.29 is 23.1 Å². The van der Waals surface area contributed by atoms with E-state index in [1.807, 2.05) is 7.05 Å². The lowest BCUT2D eigenvalue weighted by Crippen LogP contribution is -2.42. The van der Waals surface area contributed by atoms with E-state index in [1.165, 1.54) is 12.1 Å². The first-order valence-electron chi connectivity index (χ1n) is 7.06. The summed E-state index contributed by atoms with van der Waals surface area (Å²) in [7, 11) is 3.63. The van der Waals surface area contributed by atoms with Gasteiger partial charge < -0.3 is 14.9 Å². The van der Waals surface area contributed by atoms with Gasteiger partial charge in [0.2, 0.25) is 0 Å². The molecule has 0 bridgehead atoms. The minimum Gasteiger partial charge on any atom is -0.478 e. The molecule has 2 rings (SSSR count). The van der Waals surface area contributed by atoms with Crippen LogP contribution in [-0.4, -0.2) is 49.2 Å². The van der Waals surface area contributed by atoms with Crippen LogP contribution >= 0.6 is 0 Å². The molecule has 7 heteroatoms. The van der Waals surface area contributed by atoms with Crippen LogP contribution < -0.4 is 4.90 Å². The van der Waals surface area contributed by atoms with Gasteiger partial charge >= 0.3 is 12.1 Å². The van der Waals surface area contributed by atoms with Crippen LogP contribution in [-0.2, 0) is 6.18 Å². The fraction of sp³-hybridized carbons (Fsp3) is 0.533. The van der Waals surface area contributed by atoms with Crippen LogP contribution in [0.4, 0.5) is 18.9 Å². The van der Waals surface area contributed by atoms with Crippen molar-refractivity contribution in [1.29, 1.82) is 0 Å². The summed E-state index contributed by atoms with van der Waals surface area (Å²) in [6.45, 7) is 1.67. The van der Waals surface area contributed by atoms with Crippen molar-refractivity contribution in [2.45, 2.75) is 25.1 Å². The second-order valence-electron chi connectivity index (χ2n) is 5.68. The fourth-order valence-electron chi connectivity index (χ4n) is 2.78. The molecule has 1 saturated heterocycles. The second kappa shape index (κ2) is 6.16. The number of hydrogen-bond acceptors (Lipinski definition) is 3. The molecule has 0 amide bonds. The Morgan fingerprint density at radius 3 is 2.41 bits per heavy atom. The minimum absolute atomic E-state index is 0.0213. The number of likely N-dealkylation sites (tertiary alicyclic amines) is 1. The van der Waals surface area contributed by atoms with E-state index in [1.54, 1.807) is 11.9 Å². The van der Waals surface area contributed by atoms with Gasteiger partial charge in [0.25, 0.3) is 0 Å². The van der Waals surface area contributed by atoms with E-state index in [2.05, 4.69) is 4.90 Å². The maximum absolute atomic E-state index is 13.3. The molecule has 0 spiro atoms. The van der Waals surface area contributed by atoms with Gasteiger partial charge in [0.05, 0.1) is 11.1 Å². The molecular weight excluding hydrogens is 297 g/mol. The zero-order valence-electron chi connectivity index (χ0n) is 12.5. The third-order valence-electron chi connectivity index (χ3n) is 4.16. The van der Waals surface area contributed by atoms with Gasteiger partial charge in [-0.3, -0.25) is 0 Å². The van der Waals surface area contributed by atoms with E-state index >= 15 is 0 Å². The van der Waals surface area contributed by atoms with Gasteiger partial charge in [-0.2, -0.15) is 13.2 Å². The molecular formula is C15H19F3N2O2. The number of halogens is 3. The van der Waals surface area contributed by atoms with Crippen LogP contribution in [0.15, 0.2) is 18.2 Å². The van der Waals surface area contributed by atoms with Gasteiger partial charge in [-0.15, -0.1) is 0 Å². The highest BCUT2D eigenvalue weighted by Gasteiger charge is 2.36. The predicted molar refractivity (Wildman–Crippen MR) is 77.3 cm³/mol. The highest BCUT2D eigenvalue weighted by molar-refractivity contribution is 5.88. The average molecular weight is 316 g/mol. The minimum atomic E-state index is -4.58. The Labute approximate surface area is 127 Å². The first-order chi connectivity index (χ1) is 10.2. The van der Waals surface area contributed by atoms with Crippen molar-refractivity contribution in [3.05, 3.63) is 29.3 Å². The standard InChI is InChI=1S/C15H19F3N2O2/c1-19-7-5-11(6-8-19)20(2)13-4-3-10(14(21)22)9-12(13)15(16,17)18/h3-4,9,11H,5-8H2,1-2H3,(H,21,22). The molecule has 0 aromatic heterocycles. The number of anilines is 1. The molecule has 1 heterocycles. The monoisotopic (exact) mass is 316 g/mol. The zero-order valence-corrected chi connectivity index (χ0v) is 12.5. The topological polar surface area (TPSA) is 43.8 Å². The van der Waals surface area contributed by atoms with Crippen LogP contribution in [0.25, 0.3) is 0 Å². The Kier molecular flexibility index (Phi) is 4.65. The zero-order chi connectivity index (χ0) is 16.5. The van der Waals surface area contributed by atoms with Gasteiger partial charge in [-0.25, -0.2) is 4.79 Å². The Balaban J connectivity index is 2.35. The van der Waals surface area contributed by atoms with Crippen LogP contribution in [0.5, 0.6) is 0 Å². The normalized spacial score (nSPS) is 17.5. The third kappa shape index (κ3) is 3.52. The molecule has 22 heavy (non-hydrogen) atoms. The predicted octanol–water partition coefficient (Wildman–Crippen LogP) is 2.93. The van der Waals surface area contributed by atoms with Crippen molar-refractivity contribution in [2.24, 2.45) is 0 Å². The lowest BCUT2D eigenvalue weighted by Gasteiger charge is -2.37. The van der Waals surface area contributed by atoms with E-state index in [9.17, 15) is 18.0 Å². The largest absolute Gasteiger partial charge is 0.478 e. The summed E-state index contributed by atoms with van der Waals surface area (Å²) in [5, 5.41) is 8.90. The fourth-order valence-corrected chi connectivity index (χ4v) is 2.78. The molecule has 1 aliphatic rings. The summed E-state index contributed by atoms with van der Waals surface area (Å²) < 4.78 is 39.8. The molecule has 0 radical (unpaired) electrons. The molecule has 1 aliphatic heterocycles. The second-order valence-corrected chi connectivity index (χ2v) is 5.68. The summed E-state index contributed by atoms with van der Waals surface area (Å²) >= 11 is 0. The van der Waals surface area contributed by atoms with Gasteiger partial charge in [0, 0.05) is 18.8 Å². The number of hydrogen-bond donors (Lipinski definition) is 1. The molecule has 1 fully saturated rings. The lowest BCUT2D eigenvalue weighted by atomic mass is 10.0. The highest BCUT2D eigenvalue weighted by Crippen LogP contribution is 2.38. The van der Waals surface area contributed by atoms with Crippen molar-refractivity contribution >= 4 is 11.7 Å². The molecule has 1 aromatic carbocycles. The summed E-state index contributed by atoms with van der Waals surface area (Å²) in [5.41, 5.74) is -1.21. The van der Waals surface area contributed by atoms with E-state index in [0.29, 0.717) is 6.07 Å². The molecule has 0 aliphatic carbocycles. The molecule has 4 nitrogen and oxygen atoms in total. The molecule has 0 saturated carbocycles. The quantitative estimate of drug-likeness (QED) is 0.931. The number of benzene rings is 1. The van der Waals surface area contributed by atoms with Gasteiger partial charge in [-0.1, -0.05) is 0 Å². The van der Waals surface area contributed by atoms with Gasteiger partial charge in [0.1, 0.15) is 0 Å². The molecule has 0 unspecified atom stereocenters. The van der Waals surface area contributed by atoms with Crippen LogP contribution in [0.2, 0.25) is 0 Å². The van der Waals surface area contributed by atoms with Crippen LogP contribution in [0, 0.1) is 0 Å². The van der Waals surface area contributed by atoms with E-state index < -0.39 is 17.7 Å². The Hall–Kier alpha value is -1.76. The number of carboxylic acid groups (broad SMARTS) is 1. The smallest absolute Gasteiger partial charge is 0.418 e. The number of alkyl halides is 3. The van der Waals surface area contributed by atoms with Crippen molar-refractivity contribution in [1.82, 2.24) is 4.90 Å². The summed E-state index contributed by atoms with van der Waals surface area (Å²) in [6.07, 6.45) is -3.02. The average Bonchev–Trinajstić information content (AvgIpc) is 2.45. The third-order valence-corrected chi connectivity index (χ3v) is 4.16. The maximum Gasteiger partial charge on any atom is 0.418 e. The van der Waals surface area contributed by atoms with E-state index in [4.69, 9.17) is 5.11 Å². The van der Waals surface area contributed by atoms with Crippen molar-refractivity contribution in [2.75, 3.05) is 32.1 Å². The number of carboxylic acids is 1. The molecule has 0 atom stereocenters.